The van der Waals surface area contributed by atoms with Crippen LogP contribution >= 0.6 is 0 Å². The molecule has 0 aromatic heterocycles. The number of benzene rings is 2. The molecule has 6 nitrogen and oxygen atoms in total. The van der Waals surface area contributed by atoms with Crippen molar-refractivity contribution in [3.05, 3.63) is 59.4 Å². The van der Waals surface area contributed by atoms with Crippen molar-refractivity contribution < 1.29 is 22.3 Å². The average Bonchev–Trinajstić information content (AvgIpc) is 2.64. The second-order valence-electron chi connectivity index (χ2n) is 7.02. The van der Waals surface area contributed by atoms with Gasteiger partial charge in [0.2, 0.25) is 10.0 Å². The molecule has 1 amide bonds. The van der Waals surface area contributed by atoms with Crippen molar-refractivity contribution in [3.8, 4) is 0 Å². The van der Waals surface area contributed by atoms with E-state index in [1.807, 2.05) is 13.8 Å². The van der Waals surface area contributed by atoms with Crippen molar-refractivity contribution in [3.63, 3.8) is 0 Å². The lowest BCUT2D eigenvalue weighted by Crippen LogP contribution is -2.48. The van der Waals surface area contributed by atoms with Crippen LogP contribution in [-0.4, -0.2) is 43.9 Å². The van der Waals surface area contributed by atoms with Crippen molar-refractivity contribution in [2.24, 2.45) is 0 Å². The maximum absolute atomic E-state index is 13.6. The summed E-state index contributed by atoms with van der Waals surface area (Å²) in [7, 11) is -3.67. The van der Waals surface area contributed by atoms with Gasteiger partial charge in [0.15, 0.2) is 0 Å². The van der Waals surface area contributed by atoms with Crippen molar-refractivity contribution in [1.82, 2.24) is 4.31 Å². The summed E-state index contributed by atoms with van der Waals surface area (Å²) in [6, 6.07) is 10.1. The van der Waals surface area contributed by atoms with Gasteiger partial charge >= 0.3 is 0 Å². The summed E-state index contributed by atoms with van der Waals surface area (Å²) in [6.45, 7) is 5.87. The SMILES string of the molecule is Cc1ccc(NC(=O)c2ccc(S(=O)(=O)N3C[C@@H](C)O[C@@H](C)C3)cc2)cc1F. The number of hydrogen-bond donors (Lipinski definition) is 1. The fourth-order valence-electron chi connectivity index (χ4n) is 3.13. The summed E-state index contributed by atoms with van der Waals surface area (Å²) >= 11 is 0. The first-order valence-corrected chi connectivity index (χ1v) is 10.4. The molecule has 2 aromatic carbocycles. The second-order valence-corrected chi connectivity index (χ2v) is 8.96. The number of rotatable bonds is 4. The molecular formula is C20H23FN2O4S. The molecular weight excluding hydrogens is 383 g/mol. The Labute approximate surface area is 164 Å². The Kier molecular flexibility index (Phi) is 5.83. The second kappa shape index (κ2) is 7.98. The minimum absolute atomic E-state index is 0.117. The van der Waals surface area contributed by atoms with Crippen LogP contribution in [0.1, 0.15) is 29.8 Å². The number of nitrogens with zero attached hydrogens (tertiary/aromatic N) is 1. The molecule has 1 saturated heterocycles. The number of halogens is 1. The van der Waals surface area contributed by atoms with Crippen LogP contribution in [0.3, 0.4) is 0 Å². The number of anilines is 1. The predicted molar refractivity (Wildman–Crippen MR) is 104 cm³/mol. The number of aryl methyl sites for hydroxylation is 1. The Morgan fingerprint density at radius 1 is 1.11 bits per heavy atom. The Hall–Kier alpha value is -2.29. The zero-order valence-corrected chi connectivity index (χ0v) is 16.8. The van der Waals surface area contributed by atoms with Crippen molar-refractivity contribution in [1.29, 1.82) is 0 Å². The van der Waals surface area contributed by atoms with E-state index in [0.717, 1.165) is 0 Å². The van der Waals surface area contributed by atoms with Gasteiger partial charge in [-0.05, 0) is 62.7 Å². The number of amides is 1. The maximum atomic E-state index is 13.6. The number of sulfonamides is 1. The topological polar surface area (TPSA) is 75.7 Å². The van der Waals surface area contributed by atoms with Crippen LogP contribution in [0.4, 0.5) is 10.1 Å². The molecule has 2 atom stereocenters. The number of carbonyl (C=O) groups is 1. The Bertz CT molecular complexity index is 966. The van der Waals surface area contributed by atoms with Gasteiger partial charge in [-0.3, -0.25) is 4.79 Å². The Morgan fingerprint density at radius 3 is 2.29 bits per heavy atom. The summed E-state index contributed by atoms with van der Waals surface area (Å²) in [5.74, 6) is -0.853. The molecule has 0 aliphatic carbocycles. The highest BCUT2D eigenvalue weighted by molar-refractivity contribution is 7.89. The van der Waals surface area contributed by atoms with Crippen LogP contribution in [0, 0.1) is 12.7 Å². The van der Waals surface area contributed by atoms with Crippen LogP contribution in [0.15, 0.2) is 47.4 Å². The molecule has 0 saturated carbocycles. The average molecular weight is 406 g/mol. The van der Waals surface area contributed by atoms with E-state index in [9.17, 15) is 17.6 Å². The smallest absolute Gasteiger partial charge is 0.255 e. The normalized spacial score (nSPS) is 20.7. The van der Waals surface area contributed by atoms with Gasteiger partial charge in [0.25, 0.3) is 5.91 Å². The zero-order chi connectivity index (χ0) is 20.5. The molecule has 1 fully saturated rings. The third-order valence-electron chi connectivity index (χ3n) is 4.57. The molecule has 0 unspecified atom stereocenters. The fraction of sp³-hybridized carbons (Fsp3) is 0.350. The van der Waals surface area contributed by atoms with E-state index in [2.05, 4.69) is 5.32 Å². The first kappa shape index (κ1) is 20.4. The molecule has 0 bridgehead atoms. The third kappa shape index (κ3) is 4.40. The minimum Gasteiger partial charge on any atom is -0.373 e. The van der Waals surface area contributed by atoms with E-state index in [4.69, 9.17) is 4.74 Å². The van der Waals surface area contributed by atoms with Crippen LogP contribution in [0.25, 0.3) is 0 Å². The van der Waals surface area contributed by atoms with Crippen molar-refractivity contribution >= 4 is 21.6 Å². The van der Waals surface area contributed by atoms with Gasteiger partial charge in [0.1, 0.15) is 5.82 Å². The number of hydrogen-bond acceptors (Lipinski definition) is 4. The molecule has 2 aromatic rings. The van der Waals surface area contributed by atoms with Crippen molar-refractivity contribution in [2.45, 2.75) is 37.9 Å². The molecule has 3 rings (SSSR count). The zero-order valence-electron chi connectivity index (χ0n) is 16.0. The van der Waals surface area contributed by atoms with Gasteiger partial charge < -0.3 is 10.1 Å². The van der Waals surface area contributed by atoms with Gasteiger partial charge in [-0.15, -0.1) is 0 Å². The number of ether oxygens (including phenoxy) is 1. The number of carbonyl (C=O) groups excluding carboxylic acids is 1. The lowest BCUT2D eigenvalue weighted by Gasteiger charge is -2.34. The summed E-state index contributed by atoms with van der Waals surface area (Å²) in [6.07, 6.45) is -0.364. The van der Waals surface area contributed by atoms with Gasteiger partial charge in [-0.1, -0.05) is 6.07 Å². The first-order chi connectivity index (χ1) is 13.2. The molecule has 1 aliphatic heterocycles. The lowest BCUT2D eigenvalue weighted by molar-refractivity contribution is -0.0440. The van der Waals surface area contributed by atoms with Gasteiger partial charge in [0.05, 0.1) is 17.1 Å². The maximum Gasteiger partial charge on any atom is 0.255 e. The van der Waals surface area contributed by atoms with Crippen LogP contribution in [0.2, 0.25) is 0 Å². The molecule has 8 heteroatoms. The van der Waals surface area contributed by atoms with E-state index < -0.39 is 21.7 Å². The molecule has 28 heavy (non-hydrogen) atoms. The van der Waals surface area contributed by atoms with Crippen LogP contribution < -0.4 is 5.32 Å². The minimum atomic E-state index is -3.67. The lowest BCUT2D eigenvalue weighted by atomic mass is 10.2. The van der Waals surface area contributed by atoms with Crippen LogP contribution in [0.5, 0.6) is 0 Å². The van der Waals surface area contributed by atoms with Crippen LogP contribution in [-0.2, 0) is 14.8 Å². The molecule has 1 aliphatic rings. The fourth-order valence-corrected chi connectivity index (χ4v) is 4.72. The highest BCUT2D eigenvalue weighted by Crippen LogP contribution is 2.22. The molecule has 150 valence electrons. The molecule has 1 heterocycles. The number of nitrogens with one attached hydrogen (secondary N) is 1. The van der Waals surface area contributed by atoms with E-state index in [-0.39, 0.29) is 35.8 Å². The molecule has 0 radical (unpaired) electrons. The van der Waals surface area contributed by atoms with E-state index in [0.29, 0.717) is 11.3 Å². The number of morpholine rings is 1. The third-order valence-corrected chi connectivity index (χ3v) is 6.42. The summed E-state index contributed by atoms with van der Waals surface area (Å²) < 4.78 is 46.3. The van der Waals surface area contributed by atoms with E-state index in [1.54, 1.807) is 19.1 Å². The van der Waals surface area contributed by atoms with Gasteiger partial charge in [-0.2, -0.15) is 4.31 Å². The monoisotopic (exact) mass is 406 g/mol. The highest BCUT2D eigenvalue weighted by atomic mass is 32.2. The van der Waals surface area contributed by atoms with Gasteiger partial charge in [-0.25, -0.2) is 12.8 Å². The molecule has 1 N–H and O–H groups in total. The highest BCUT2D eigenvalue weighted by Gasteiger charge is 2.32. The summed E-state index contributed by atoms with van der Waals surface area (Å²) in [5, 5.41) is 2.60. The largest absolute Gasteiger partial charge is 0.373 e. The summed E-state index contributed by atoms with van der Waals surface area (Å²) in [4.78, 5) is 12.5. The standard InChI is InChI=1S/C20H23FN2O4S/c1-13-4-7-17(10-19(13)21)22-20(24)16-5-8-18(9-6-16)28(25,26)23-11-14(2)27-15(3)12-23/h4-10,14-15H,11-12H2,1-3H3,(H,22,24)/t14-,15+. The predicted octanol–water partition coefficient (Wildman–Crippen LogP) is 3.18. The van der Waals surface area contributed by atoms with E-state index in [1.165, 1.54) is 34.6 Å². The summed E-state index contributed by atoms with van der Waals surface area (Å²) in [5.41, 5.74) is 1.10. The molecule has 0 spiro atoms. The van der Waals surface area contributed by atoms with E-state index >= 15 is 0 Å². The Balaban J connectivity index is 1.75. The van der Waals surface area contributed by atoms with Crippen molar-refractivity contribution in [2.75, 3.05) is 18.4 Å². The Morgan fingerprint density at radius 2 is 1.71 bits per heavy atom. The quantitative estimate of drug-likeness (QED) is 0.846. The first-order valence-electron chi connectivity index (χ1n) is 9.00. The van der Waals surface area contributed by atoms with Gasteiger partial charge in [0, 0.05) is 24.3 Å².